The maximum absolute atomic E-state index is 12.5. The molecule has 26 heavy (non-hydrogen) atoms. The van der Waals surface area contributed by atoms with E-state index in [1.54, 1.807) is 12.1 Å². The van der Waals surface area contributed by atoms with Gasteiger partial charge in [0.05, 0.1) is 12.1 Å². The molecule has 9 heteroatoms. The van der Waals surface area contributed by atoms with E-state index in [2.05, 4.69) is 10.6 Å². The molecule has 2 amide bonds. The highest BCUT2D eigenvalue weighted by Crippen LogP contribution is 2.31. The Kier molecular flexibility index (Phi) is 4.73. The number of hydrogen-bond donors (Lipinski definition) is 3. The minimum absolute atomic E-state index is 0.282. The fourth-order valence-corrected chi connectivity index (χ4v) is 3.00. The lowest BCUT2D eigenvalue weighted by molar-refractivity contribution is -0.141. The second-order valence-corrected chi connectivity index (χ2v) is 6.02. The van der Waals surface area contributed by atoms with Crippen molar-refractivity contribution in [1.82, 2.24) is 9.88 Å². The standard InChI is InChI=1S/C17H16F3N3O3/c18-17(19,20)9-23-7-3-6-12(15(23)25)21-16(26)22-14-11-5-2-1-4-10(11)8-13(14)24/h1-7,13-14,24H,8-9H2,(H2,21,22,26). The highest BCUT2D eigenvalue weighted by molar-refractivity contribution is 5.89. The van der Waals surface area contributed by atoms with Crippen LogP contribution >= 0.6 is 0 Å². The molecule has 0 aliphatic heterocycles. The zero-order valence-corrected chi connectivity index (χ0v) is 13.5. The maximum Gasteiger partial charge on any atom is 0.406 e. The minimum atomic E-state index is -4.55. The van der Waals surface area contributed by atoms with Gasteiger partial charge < -0.3 is 20.3 Å². The Morgan fingerprint density at radius 2 is 1.96 bits per heavy atom. The summed E-state index contributed by atoms with van der Waals surface area (Å²) in [6.45, 7) is -1.45. The maximum atomic E-state index is 12.5. The summed E-state index contributed by atoms with van der Waals surface area (Å²) in [5.74, 6) is 0. The molecule has 138 valence electrons. The van der Waals surface area contributed by atoms with Crippen LogP contribution in [0.25, 0.3) is 0 Å². The molecule has 0 saturated heterocycles. The summed E-state index contributed by atoms with van der Waals surface area (Å²) >= 11 is 0. The van der Waals surface area contributed by atoms with E-state index >= 15 is 0 Å². The number of pyridine rings is 1. The topological polar surface area (TPSA) is 83.4 Å². The highest BCUT2D eigenvalue weighted by atomic mass is 19.4. The molecule has 1 aliphatic rings. The predicted molar refractivity (Wildman–Crippen MR) is 87.8 cm³/mol. The van der Waals surface area contributed by atoms with Crippen LogP contribution in [-0.2, 0) is 13.0 Å². The lowest BCUT2D eigenvalue weighted by Gasteiger charge is -2.18. The molecule has 3 rings (SSSR count). The number of carbonyl (C=O) groups excluding carboxylic acids is 1. The third-order valence-electron chi connectivity index (χ3n) is 4.11. The number of benzene rings is 1. The van der Waals surface area contributed by atoms with Crippen LogP contribution in [0.5, 0.6) is 0 Å². The number of aliphatic hydroxyl groups is 1. The van der Waals surface area contributed by atoms with Gasteiger partial charge in [0.1, 0.15) is 12.2 Å². The van der Waals surface area contributed by atoms with Gasteiger partial charge in [0.25, 0.3) is 5.56 Å². The van der Waals surface area contributed by atoms with Crippen molar-refractivity contribution >= 4 is 11.7 Å². The molecular formula is C17H16F3N3O3. The van der Waals surface area contributed by atoms with Gasteiger partial charge in [-0.2, -0.15) is 13.2 Å². The van der Waals surface area contributed by atoms with E-state index in [1.165, 1.54) is 12.1 Å². The average Bonchev–Trinajstić information content (AvgIpc) is 2.86. The molecule has 2 unspecified atom stereocenters. The van der Waals surface area contributed by atoms with Crippen LogP contribution in [0, 0.1) is 0 Å². The van der Waals surface area contributed by atoms with Crippen molar-refractivity contribution in [2.45, 2.75) is 31.3 Å². The van der Waals surface area contributed by atoms with Gasteiger partial charge in [0.15, 0.2) is 0 Å². The van der Waals surface area contributed by atoms with Gasteiger partial charge in [-0.25, -0.2) is 4.79 Å². The zero-order chi connectivity index (χ0) is 18.9. The summed E-state index contributed by atoms with van der Waals surface area (Å²) in [5.41, 5.74) is 0.414. The zero-order valence-electron chi connectivity index (χ0n) is 13.5. The molecule has 6 nitrogen and oxygen atoms in total. The smallest absolute Gasteiger partial charge is 0.390 e. The number of anilines is 1. The molecule has 2 aromatic rings. The van der Waals surface area contributed by atoms with E-state index in [1.807, 2.05) is 12.1 Å². The Morgan fingerprint density at radius 1 is 1.23 bits per heavy atom. The van der Waals surface area contributed by atoms with Crippen molar-refractivity contribution in [3.63, 3.8) is 0 Å². The largest absolute Gasteiger partial charge is 0.406 e. The second kappa shape index (κ2) is 6.83. The summed E-state index contributed by atoms with van der Waals surface area (Å²) in [6, 6.07) is 8.22. The number of rotatable bonds is 3. The summed E-state index contributed by atoms with van der Waals surface area (Å²) in [6.07, 6.45) is -4.00. The van der Waals surface area contributed by atoms with Crippen LogP contribution in [0.1, 0.15) is 17.2 Å². The van der Waals surface area contributed by atoms with Crippen molar-refractivity contribution < 1.29 is 23.1 Å². The average molecular weight is 367 g/mol. The molecule has 1 aliphatic carbocycles. The van der Waals surface area contributed by atoms with Gasteiger partial charge in [0.2, 0.25) is 0 Å². The number of carbonyl (C=O) groups is 1. The molecule has 1 heterocycles. The Bertz CT molecular complexity index is 879. The van der Waals surface area contributed by atoms with Gasteiger partial charge in [-0.3, -0.25) is 4.79 Å². The monoisotopic (exact) mass is 367 g/mol. The Hall–Kier alpha value is -2.81. The molecule has 1 aromatic heterocycles. The van der Waals surface area contributed by atoms with Crippen molar-refractivity contribution in [3.8, 4) is 0 Å². The summed E-state index contributed by atoms with van der Waals surface area (Å²) < 4.78 is 37.9. The first kappa shape index (κ1) is 18.0. The normalized spacial score (nSPS) is 19.1. The van der Waals surface area contributed by atoms with E-state index in [0.29, 0.717) is 11.0 Å². The number of hydrogen-bond acceptors (Lipinski definition) is 3. The number of fused-ring (bicyclic) bond motifs is 1. The van der Waals surface area contributed by atoms with Gasteiger partial charge in [0, 0.05) is 12.6 Å². The molecule has 0 radical (unpaired) electrons. The van der Waals surface area contributed by atoms with Crippen LogP contribution in [0.4, 0.5) is 23.7 Å². The van der Waals surface area contributed by atoms with Crippen LogP contribution in [0.3, 0.4) is 0 Å². The summed E-state index contributed by atoms with van der Waals surface area (Å²) in [7, 11) is 0. The Morgan fingerprint density at radius 3 is 2.69 bits per heavy atom. The van der Waals surface area contributed by atoms with Crippen LogP contribution in [0.2, 0.25) is 0 Å². The summed E-state index contributed by atoms with van der Waals surface area (Å²) in [4.78, 5) is 24.2. The highest BCUT2D eigenvalue weighted by Gasteiger charge is 2.32. The summed E-state index contributed by atoms with van der Waals surface area (Å²) in [5, 5.41) is 14.9. The molecule has 2 atom stereocenters. The van der Waals surface area contributed by atoms with Gasteiger partial charge in [-0.15, -0.1) is 0 Å². The second-order valence-electron chi connectivity index (χ2n) is 6.02. The Labute approximate surface area is 146 Å². The van der Waals surface area contributed by atoms with E-state index in [9.17, 15) is 27.9 Å². The number of aromatic nitrogens is 1. The SMILES string of the molecule is O=C(Nc1cccn(CC(F)(F)F)c1=O)NC1c2ccccc2CC1O. The van der Waals surface area contributed by atoms with E-state index in [-0.39, 0.29) is 5.69 Å². The van der Waals surface area contributed by atoms with E-state index in [4.69, 9.17) is 0 Å². The number of nitrogens with zero attached hydrogens (tertiary/aromatic N) is 1. The Balaban J connectivity index is 1.73. The number of aliphatic hydroxyl groups excluding tert-OH is 1. The fourth-order valence-electron chi connectivity index (χ4n) is 3.00. The number of halogens is 3. The lowest BCUT2D eigenvalue weighted by Crippen LogP contribution is -2.38. The molecule has 0 bridgehead atoms. The third kappa shape index (κ3) is 3.88. The van der Waals surface area contributed by atoms with Crippen molar-refractivity contribution in [2.75, 3.05) is 5.32 Å². The van der Waals surface area contributed by atoms with Gasteiger partial charge in [-0.05, 0) is 23.3 Å². The van der Waals surface area contributed by atoms with Crippen LogP contribution in [0.15, 0.2) is 47.4 Å². The predicted octanol–water partition coefficient (Wildman–Crippen LogP) is 2.19. The molecule has 0 fully saturated rings. The third-order valence-corrected chi connectivity index (χ3v) is 4.11. The number of alkyl halides is 3. The van der Waals surface area contributed by atoms with Gasteiger partial charge in [-0.1, -0.05) is 24.3 Å². The van der Waals surface area contributed by atoms with Crippen LogP contribution < -0.4 is 16.2 Å². The lowest BCUT2D eigenvalue weighted by atomic mass is 10.1. The minimum Gasteiger partial charge on any atom is -0.390 e. The van der Waals surface area contributed by atoms with Crippen molar-refractivity contribution in [3.05, 3.63) is 64.1 Å². The number of urea groups is 1. The van der Waals surface area contributed by atoms with E-state index in [0.717, 1.165) is 17.3 Å². The van der Waals surface area contributed by atoms with Crippen LogP contribution in [-0.4, -0.2) is 28.0 Å². The molecule has 0 spiro atoms. The quantitative estimate of drug-likeness (QED) is 0.778. The first-order valence-electron chi connectivity index (χ1n) is 7.84. The number of amides is 2. The van der Waals surface area contributed by atoms with Crippen molar-refractivity contribution in [2.24, 2.45) is 0 Å². The first-order chi connectivity index (χ1) is 12.2. The fraction of sp³-hybridized carbons (Fsp3) is 0.294. The molecule has 3 N–H and O–H groups in total. The molecular weight excluding hydrogens is 351 g/mol. The molecule has 1 aromatic carbocycles. The number of nitrogens with one attached hydrogen (secondary N) is 2. The molecule has 0 saturated carbocycles. The first-order valence-corrected chi connectivity index (χ1v) is 7.84. The van der Waals surface area contributed by atoms with Gasteiger partial charge >= 0.3 is 12.2 Å². The van der Waals surface area contributed by atoms with E-state index < -0.39 is 36.5 Å². The van der Waals surface area contributed by atoms with Crippen molar-refractivity contribution in [1.29, 1.82) is 0 Å².